The highest BCUT2D eigenvalue weighted by Crippen LogP contribution is 2.27. The highest BCUT2D eigenvalue weighted by molar-refractivity contribution is 7.89. The van der Waals surface area contributed by atoms with Crippen LogP contribution in [-0.4, -0.2) is 15.0 Å². The minimum Gasteiger partial charge on any atom is -0.398 e. The third-order valence-corrected chi connectivity index (χ3v) is 5.42. The van der Waals surface area contributed by atoms with E-state index in [0.29, 0.717) is 23.5 Å². The second kappa shape index (κ2) is 6.03. The Balaban J connectivity index is 2.39. The lowest BCUT2D eigenvalue weighted by molar-refractivity contribution is 0.415. The van der Waals surface area contributed by atoms with Crippen molar-refractivity contribution in [2.75, 3.05) is 12.3 Å². The third-order valence-electron chi connectivity index (χ3n) is 3.94. The Hall–Kier alpha value is -1.59. The molecule has 5 heteroatoms. The van der Waals surface area contributed by atoms with Crippen LogP contribution >= 0.6 is 0 Å². The zero-order valence-corrected chi connectivity index (χ0v) is 13.4. The van der Waals surface area contributed by atoms with Gasteiger partial charge in [-0.1, -0.05) is 45.0 Å². The number of nitrogens with one attached hydrogen (secondary N) is 1. The van der Waals surface area contributed by atoms with Gasteiger partial charge in [0.1, 0.15) is 0 Å². The second-order valence-electron chi connectivity index (χ2n) is 5.77. The van der Waals surface area contributed by atoms with Crippen LogP contribution in [0.3, 0.4) is 0 Å². The number of benzene rings is 2. The van der Waals surface area contributed by atoms with Crippen LogP contribution in [0, 0.1) is 11.8 Å². The smallest absolute Gasteiger partial charge is 0.241 e. The van der Waals surface area contributed by atoms with Crippen LogP contribution in [0.2, 0.25) is 0 Å². The summed E-state index contributed by atoms with van der Waals surface area (Å²) in [6, 6.07) is 10.5. The molecule has 2 aromatic rings. The van der Waals surface area contributed by atoms with Crippen molar-refractivity contribution in [3.8, 4) is 0 Å². The summed E-state index contributed by atoms with van der Waals surface area (Å²) >= 11 is 0. The van der Waals surface area contributed by atoms with Crippen LogP contribution in [0.4, 0.5) is 5.69 Å². The molecule has 21 heavy (non-hydrogen) atoms. The van der Waals surface area contributed by atoms with Gasteiger partial charge in [0.05, 0.1) is 4.90 Å². The van der Waals surface area contributed by atoms with E-state index in [0.717, 1.165) is 5.39 Å². The minimum atomic E-state index is -3.54. The maximum atomic E-state index is 12.5. The summed E-state index contributed by atoms with van der Waals surface area (Å²) in [5.41, 5.74) is 6.50. The first kappa shape index (κ1) is 15.8. The lowest BCUT2D eigenvalue weighted by atomic mass is 9.99. The number of hydrogen-bond acceptors (Lipinski definition) is 3. The van der Waals surface area contributed by atoms with E-state index in [4.69, 9.17) is 5.73 Å². The Morgan fingerprint density at radius 2 is 1.67 bits per heavy atom. The lowest BCUT2D eigenvalue weighted by Crippen LogP contribution is -2.30. The van der Waals surface area contributed by atoms with Gasteiger partial charge in [-0.15, -0.1) is 0 Å². The molecule has 2 aromatic carbocycles. The van der Waals surface area contributed by atoms with Crippen molar-refractivity contribution in [2.45, 2.75) is 25.7 Å². The third kappa shape index (κ3) is 3.36. The number of hydrogen-bond donors (Lipinski definition) is 2. The molecule has 0 aliphatic heterocycles. The minimum absolute atomic E-state index is 0.278. The first-order valence-corrected chi connectivity index (χ1v) is 8.58. The van der Waals surface area contributed by atoms with Crippen molar-refractivity contribution in [1.82, 2.24) is 4.72 Å². The monoisotopic (exact) mass is 306 g/mol. The number of sulfonamides is 1. The molecule has 0 fully saturated rings. The van der Waals surface area contributed by atoms with Gasteiger partial charge in [-0.3, -0.25) is 0 Å². The molecule has 0 saturated heterocycles. The Morgan fingerprint density at radius 1 is 1.05 bits per heavy atom. The van der Waals surface area contributed by atoms with E-state index in [1.165, 1.54) is 0 Å². The number of rotatable bonds is 5. The molecule has 114 valence electrons. The summed E-state index contributed by atoms with van der Waals surface area (Å²) in [7, 11) is -3.54. The van der Waals surface area contributed by atoms with Gasteiger partial charge in [-0.05, 0) is 24.0 Å². The van der Waals surface area contributed by atoms with Crippen molar-refractivity contribution >= 4 is 26.5 Å². The first-order valence-electron chi connectivity index (χ1n) is 7.10. The summed E-state index contributed by atoms with van der Waals surface area (Å²) in [4.78, 5) is 0.281. The van der Waals surface area contributed by atoms with Crippen LogP contribution in [0.15, 0.2) is 41.3 Å². The summed E-state index contributed by atoms with van der Waals surface area (Å²) in [6.45, 7) is 6.63. The number of nitrogens with two attached hydrogens (primary N) is 1. The predicted octanol–water partition coefficient (Wildman–Crippen LogP) is 2.99. The molecule has 0 aliphatic rings. The molecule has 0 heterocycles. The van der Waals surface area contributed by atoms with Crippen LogP contribution in [-0.2, 0) is 10.0 Å². The van der Waals surface area contributed by atoms with Gasteiger partial charge >= 0.3 is 0 Å². The molecule has 0 saturated carbocycles. The topological polar surface area (TPSA) is 72.2 Å². The molecule has 3 N–H and O–H groups in total. The molecule has 0 aromatic heterocycles. The number of anilines is 1. The zero-order chi connectivity index (χ0) is 15.6. The van der Waals surface area contributed by atoms with Gasteiger partial charge < -0.3 is 5.73 Å². The van der Waals surface area contributed by atoms with E-state index in [-0.39, 0.29) is 10.8 Å². The first-order chi connectivity index (χ1) is 9.83. The SMILES string of the molecule is CC(C)C(C)CNS(=O)(=O)c1ccc(N)c2ccccc12. The predicted molar refractivity (Wildman–Crippen MR) is 87.6 cm³/mol. The Kier molecular flexibility index (Phi) is 4.54. The molecule has 0 radical (unpaired) electrons. The molecule has 0 amide bonds. The fraction of sp³-hybridized carbons (Fsp3) is 0.375. The number of fused-ring (bicyclic) bond motifs is 1. The molecule has 1 unspecified atom stereocenters. The maximum Gasteiger partial charge on any atom is 0.241 e. The van der Waals surface area contributed by atoms with Crippen molar-refractivity contribution < 1.29 is 8.42 Å². The normalized spacial score (nSPS) is 13.7. The summed E-state index contributed by atoms with van der Waals surface area (Å²) in [5, 5.41) is 1.42. The molecule has 0 bridgehead atoms. The van der Waals surface area contributed by atoms with Crippen molar-refractivity contribution in [2.24, 2.45) is 11.8 Å². The van der Waals surface area contributed by atoms with E-state index in [1.807, 2.05) is 25.1 Å². The van der Waals surface area contributed by atoms with E-state index in [2.05, 4.69) is 18.6 Å². The molecular weight excluding hydrogens is 284 g/mol. The Labute approximate surface area is 126 Å². The van der Waals surface area contributed by atoms with E-state index in [9.17, 15) is 8.42 Å². The van der Waals surface area contributed by atoms with Gasteiger partial charge in [0, 0.05) is 23.0 Å². The standard InChI is InChI=1S/C16H22N2O2S/c1-11(2)12(3)10-18-21(19,20)16-9-8-15(17)13-6-4-5-7-14(13)16/h4-9,11-12,18H,10,17H2,1-3H3. The van der Waals surface area contributed by atoms with E-state index < -0.39 is 10.0 Å². The van der Waals surface area contributed by atoms with Gasteiger partial charge in [-0.2, -0.15) is 0 Å². The zero-order valence-electron chi connectivity index (χ0n) is 12.6. The summed E-state index contributed by atoms with van der Waals surface area (Å²) in [5.74, 6) is 0.704. The molecule has 4 nitrogen and oxygen atoms in total. The summed E-state index contributed by atoms with van der Waals surface area (Å²) in [6.07, 6.45) is 0. The molecule has 0 aliphatic carbocycles. The second-order valence-corrected chi connectivity index (χ2v) is 7.51. The van der Waals surface area contributed by atoms with Gasteiger partial charge in [0.15, 0.2) is 0 Å². The molecule has 2 rings (SSSR count). The molecule has 1 atom stereocenters. The van der Waals surface area contributed by atoms with E-state index >= 15 is 0 Å². The van der Waals surface area contributed by atoms with Crippen molar-refractivity contribution in [3.05, 3.63) is 36.4 Å². The van der Waals surface area contributed by atoms with Crippen molar-refractivity contribution in [1.29, 1.82) is 0 Å². The van der Waals surface area contributed by atoms with Crippen molar-refractivity contribution in [3.63, 3.8) is 0 Å². The Morgan fingerprint density at radius 3 is 2.29 bits per heavy atom. The van der Waals surface area contributed by atoms with Crippen LogP contribution in [0.25, 0.3) is 10.8 Å². The number of nitrogen functional groups attached to an aromatic ring is 1. The highest BCUT2D eigenvalue weighted by atomic mass is 32.2. The largest absolute Gasteiger partial charge is 0.398 e. The average molecular weight is 306 g/mol. The fourth-order valence-electron chi connectivity index (χ4n) is 2.08. The summed E-state index contributed by atoms with van der Waals surface area (Å²) < 4.78 is 27.8. The molecule has 0 spiro atoms. The van der Waals surface area contributed by atoms with Gasteiger partial charge in [0.2, 0.25) is 10.0 Å². The fourth-order valence-corrected chi connectivity index (χ4v) is 3.44. The Bertz CT molecular complexity index is 739. The maximum absolute atomic E-state index is 12.5. The quantitative estimate of drug-likeness (QED) is 0.834. The average Bonchev–Trinajstić information content (AvgIpc) is 2.45. The van der Waals surface area contributed by atoms with E-state index in [1.54, 1.807) is 18.2 Å². The van der Waals surface area contributed by atoms with Gasteiger partial charge in [0.25, 0.3) is 0 Å². The van der Waals surface area contributed by atoms with Crippen LogP contribution in [0.1, 0.15) is 20.8 Å². The van der Waals surface area contributed by atoms with Crippen LogP contribution < -0.4 is 10.5 Å². The lowest BCUT2D eigenvalue weighted by Gasteiger charge is -2.17. The molecular formula is C16H22N2O2S. The van der Waals surface area contributed by atoms with Gasteiger partial charge in [-0.25, -0.2) is 13.1 Å². The van der Waals surface area contributed by atoms with Crippen LogP contribution in [0.5, 0.6) is 0 Å². The highest BCUT2D eigenvalue weighted by Gasteiger charge is 2.19.